The third kappa shape index (κ3) is 15.6. The van der Waals surface area contributed by atoms with Gasteiger partial charge in [-0.1, -0.05) is 18.1 Å². The molecule has 0 N–H and O–H groups in total. The smallest absolute Gasteiger partial charge is 0.337 e. The van der Waals surface area contributed by atoms with E-state index in [-0.39, 0.29) is 37.3 Å². The van der Waals surface area contributed by atoms with E-state index in [1.54, 1.807) is 7.11 Å². The Morgan fingerprint density at radius 2 is 1.42 bits per heavy atom. The standard InChI is InChI=1S/C36H57NO13/c1-28-9-10-31-30(24-28)35-32(25-29(26-33(35)50-36(31,2)3)8-6-5-7-11-48-37(39)40)49-34(38)27-47-23-22-46-21-20-45-19-18-44-17-16-43-15-14-42-13-12-41-4/h24-26,30-31H,5-23,27H2,1-4H3/t30-,31-/m1/s1. The molecule has 0 saturated carbocycles. The number of aryl methyl sites for hydroxylation is 1. The number of benzene rings is 1. The van der Waals surface area contributed by atoms with Crippen LogP contribution in [0.1, 0.15) is 69.9 Å². The monoisotopic (exact) mass is 711 g/mol. The molecule has 3 rings (SSSR count). The summed E-state index contributed by atoms with van der Waals surface area (Å²) in [5.74, 6) is 1.04. The number of ether oxygens (including phenoxy) is 9. The SMILES string of the molecule is COCCOCCOCCOCCOCCOCCOCC(=O)Oc1cc(CCCCCO[N+](=O)[O-])cc2c1[C@@H]1C=C(C)CC[C@H]1C(C)(C)O2. The molecular weight excluding hydrogens is 654 g/mol. The Morgan fingerprint density at radius 3 is 2.00 bits per heavy atom. The Labute approximate surface area is 296 Å². The molecule has 0 fully saturated rings. The van der Waals surface area contributed by atoms with Gasteiger partial charge < -0.3 is 47.5 Å². The van der Waals surface area contributed by atoms with Gasteiger partial charge in [0.25, 0.3) is 5.09 Å². The molecule has 0 amide bonds. The van der Waals surface area contributed by atoms with Crippen LogP contribution in [0.15, 0.2) is 23.8 Å². The van der Waals surface area contributed by atoms with Gasteiger partial charge in [0.2, 0.25) is 0 Å². The van der Waals surface area contributed by atoms with E-state index in [2.05, 4.69) is 31.7 Å². The number of carbonyl (C=O) groups is 1. The number of rotatable bonds is 28. The van der Waals surface area contributed by atoms with Crippen molar-refractivity contribution in [3.05, 3.63) is 45.0 Å². The summed E-state index contributed by atoms with van der Waals surface area (Å²) in [6.45, 7) is 11.7. The predicted octanol–water partition coefficient (Wildman–Crippen LogP) is 4.87. The Balaban J connectivity index is 1.36. The van der Waals surface area contributed by atoms with Crippen molar-refractivity contribution in [2.45, 2.75) is 70.8 Å². The van der Waals surface area contributed by atoms with Crippen LogP contribution in [0.25, 0.3) is 0 Å². The van der Waals surface area contributed by atoms with E-state index >= 15 is 0 Å². The van der Waals surface area contributed by atoms with Crippen molar-refractivity contribution < 1.29 is 57.4 Å². The molecule has 0 radical (unpaired) electrons. The van der Waals surface area contributed by atoms with Crippen LogP contribution in [0, 0.1) is 16.0 Å². The van der Waals surface area contributed by atoms with Gasteiger partial charge in [-0.2, -0.15) is 0 Å². The van der Waals surface area contributed by atoms with Crippen LogP contribution in [0.5, 0.6) is 11.5 Å². The third-order valence-corrected chi connectivity index (χ3v) is 8.55. The van der Waals surface area contributed by atoms with Gasteiger partial charge in [-0.25, -0.2) is 4.79 Å². The molecular formula is C36H57NO13. The van der Waals surface area contributed by atoms with Gasteiger partial charge in [0, 0.05) is 24.5 Å². The van der Waals surface area contributed by atoms with Gasteiger partial charge in [0.05, 0.1) is 85.9 Å². The van der Waals surface area contributed by atoms with Gasteiger partial charge in [-0.3, -0.25) is 0 Å². The quantitative estimate of drug-likeness (QED) is 0.0291. The van der Waals surface area contributed by atoms with Crippen molar-refractivity contribution in [2.75, 3.05) is 99.6 Å². The summed E-state index contributed by atoms with van der Waals surface area (Å²) in [4.78, 5) is 27.8. The molecule has 2 atom stereocenters. The highest BCUT2D eigenvalue weighted by molar-refractivity contribution is 5.75. The largest absolute Gasteiger partial charge is 0.487 e. The molecule has 2 aliphatic rings. The molecule has 1 aliphatic carbocycles. The van der Waals surface area contributed by atoms with Gasteiger partial charge >= 0.3 is 5.97 Å². The highest BCUT2D eigenvalue weighted by Gasteiger charge is 2.45. The molecule has 1 aliphatic heterocycles. The lowest BCUT2D eigenvalue weighted by molar-refractivity contribution is -0.757. The minimum absolute atomic E-state index is 0.0673. The molecule has 0 unspecified atom stereocenters. The van der Waals surface area contributed by atoms with Crippen LogP contribution in [-0.2, 0) is 49.2 Å². The van der Waals surface area contributed by atoms with Gasteiger partial charge in [0.15, 0.2) is 0 Å². The fourth-order valence-corrected chi connectivity index (χ4v) is 6.09. The van der Waals surface area contributed by atoms with Crippen molar-refractivity contribution in [2.24, 2.45) is 5.92 Å². The first-order chi connectivity index (χ1) is 24.2. The minimum Gasteiger partial charge on any atom is -0.487 e. The van der Waals surface area contributed by atoms with E-state index in [0.717, 1.165) is 42.6 Å². The number of carbonyl (C=O) groups excluding carboxylic acids is 1. The molecule has 284 valence electrons. The second kappa shape index (κ2) is 23.6. The maximum atomic E-state index is 13.0. The number of esters is 1. The number of nitrogens with zero attached hydrogens (tertiary/aromatic N) is 1. The number of fused-ring (bicyclic) bond motifs is 3. The van der Waals surface area contributed by atoms with E-state index in [0.29, 0.717) is 91.3 Å². The average Bonchev–Trinajstić information content (AvgIpc) is 3.06. The lowest BCUT2D eigenvalue weighted by Gasteiger charge is -2.46. The zero-order valence-electron chi connectivity index (χ0n) is 30.3. The van der Waals surface area contributed by atoms with E-state index in [1.807, 2.05) is 12.1 Å². The second-order valence-corrected chi connectivity index (χ2v) is 12.8. The molecule has 0 bridgehead atoms. The van der Waals surface area contributed by atoms with Crippen LogP contribution in [0.4, 0.5) is 0 Å². The van der Waals surface area contributed by atoms with Crippen molar-refractivity contribution in [3.63, 3.8) is 0 Å². The maximum absolute atomic E-state index is 13.0. The van der Waals surface area contributed by atoms with E-state index in [4.69, 9.17) is 42.6 Å². The number of hydrogen-bond donors (Lipinski definition) is 0. The average molecular weight is 712 g/mol. The van der Waals surface area contributed by atoms with E-state index in [9.17, 15) is 14.9 Å². The summed E-state index contributed by atoms with van der Waals surface area (Å²) in [6.07, 6.45) is 7.13. The van der Waals surface area contributed by atoms with Crippen LogP contribution < -0.4 is 9.47 Å². The van der Waals surface area contributed by atoms with E-state index < -0.39 is 11.1 Å². The Kier molecular flexibility index (Phi) is 19.6. The predicted molar refractivity (Wildman–Crippen MR) is 183 cm³/mol. The zero-order valence-corrected chi connectivity index (χ0v) is 30.3. The van der Waals surface area contributed by atoms with Crippen LogP contribution in [-0.4, -0.2) is 116 Å². The fourth-order valence-electron chi connectivity index (χ4n) is 6.09. The molecule has 1 aromatic carbocycles. The van der Waals surface area contributed by atoms with Crippen LogP contribution in [0.3, 0.4) is 0 Å². The minimum atomic E-state index is -0.770. The lowest BCUT2D eigenvalue weighted by Crippen LogP contribution is -2.45. The molecule has 0 aromatic heterocycles. The van der Waals surface area contributed by atoms with Crippen molar-refractivity contribution >= 4 is 5.97 Å². The first-order valence-electron chi connectivity index (χ1n) is 17.7. The van der Waals surface area contributed by atoms with Crippen LogP contribution in [0.2, 0.25) is 0 Å². The molecule has 14 nitrogen and oxygen atoms in total. The molecule has 14 heteroatoms. The Morgan fingerprint density at radius 1 is 0.840 bits per heavy atom. The molecule has 1 aromatic rings. The zero-order chi connectivity index (χ0) is 36.0. The molecule has 50 heavy (non-hydrogen) atoms. The molecule has 0 saturated heterocycles. The first-order valence-corrected chi connectivity index (χ1v) is 17.7. The maximum Gasteiger partial charge on any atom is 0.337 e. The summed E-state index contributed by atoms with van der Waals surface area (Å²) in [7, 11) is 1.64. The Bertz CT molecular complexity index is 1170. The molecule has 0 spiro atoms. The first kappa shape index (κ1) is 41.6. The summed E-state index contributed by atoms with van der Waals surface area (Å²) in [6, 6.07) is 3.96. The second-order valence-electron chi connectivity index (χ2n) is 12.8. The summed E-state index contributed by atoms with van der Waals surface area (Å²) < 4.78 is 50.2. The topological polar surface area (TPSA) is 153 Å². The van der Waals surface area contributed by atoms with Gasteiger partial charge in [0.1, 0.15) is 23.7 Å². The third-order valence-electron chi connectivity index (χ3n) is 8.55. The van der Waals surface area contributed by atoms with Gasteiger partial charge in [-0.05, 0) is 70.6 Å². The van der Waals surface area contributed by atoms with Crippen molar-refractivity contribution in [1.82, 2.24) is 0 Å². The number of allylic oxidation sites excluding steroid dienone is 2. The van der Waals surface area contributed by atoms with Crippen molar-refractivity contribution in [1.29, 1.82) is 0 Å². The highest BCUT2D eigenvalue weighted by Crippen LogP contribution is 2.53. The van der Waals surface area contributed by atoms with E-state index in [1.165, 1.54) is 5.57 Å². The van der Waals surface area contributed by atoms with Gasteiger partial charge in [-0.15, -0.1) is 10.1 Å². The summed E-state index contributed by atoms with van der Waals surface area (Å²) in [5, 5.41) is 9.63. The molecule has 1 heterocycles. The fraction of sp³-hybridized carbons (Fsp3) is 0.750. The summed E-state index contributed by atoms with van der Waals surface area (Å²) >= 11 is 0. The lowest BCUT2D eigenvalue weighted by atomic mass is 9.68. The van der Waals surface area contributed by atoms with Crippen LogP contribution >= 0.6 is 0 Å². The van der Waals surface area contributed by atoms with Crippen molar-refractivity contribution in [3.8, 4) is 11.5 Å². The number of methoxy groups -OCH3 is 1. The number of unbranched alkanes of at least 4 members (excludes halogenated alkanes) is 2. The number of hydrogen-bond acceptors (Lipinski definition) is 13. The Hall–Kier alpha value is -2.85. The highest BCUT2D eigenvalue weighted by atomic mass is 16.9. The normalized spacial score (nSPS) is 17.7. The summed E-state index contributed by atoms with van der Waals surface area (Å²) in [5.41, 5.74) is 2.80.